The minimum absolute atomic E-state index is 0.125. The highest BCUT2D eigenvalue weighted by Gasteiger charge is 2.30. The topological polar surface area (TPSA) is 52.5 Å². The van der Waals surface area contributed by atoms with Crippen LogP contribution in [0.3, 0.4) is 0 Å². The second-order valence-corrected chi connectivity index (χ2v) is 5.19. The third-order valence-corrected chi connectivity index (χ3v) is 3.68. The summed E-state index contributed by atoms with van der Waals surface area (Å²) in [6.07, 6.45) is 3.92. The lowest BCUT2D eigenvalue weighted by Crippen LogP contribution is -2.37. The molecule has 0 atom stereocenters. The van der Waals surface area contributed by atoms with Crippen LogP contribution in [0.5, 0.6) is 5.75 Å². The third kappa shape index (κ3) is 3.12. The Kier molecular flexibility index (Phi) is 3.92. The Morgan fingerprint density at radius 1 is 1.29 bits per heavy atom. The number of rotatable bonds is 4. The van der Waals surface area contributed by atoms with E-state index in [1.807, 2.05) is 12.1 Å². The highest BCUT2D eigenvalue weighted by Crippen LogP contribution is 2.29. The summed E-state index contributed by atoms with van der Waals surface area (Å²) in [6.45, 7) is 1.09. The SMILES string of the molecule is Oc1c(Cl)cccc1CNCC1(O)CCCC1. The molecule has 1 aliphatic rings. The van der Waals surface area contributed by atoms with Crippen LogP contribution in [0.2, 0.25) is 5.02 Å². The van der Waals surface area contributed by atoms with E-state index in [1.165, 1.54) is 0 Å². The van der Waals surface area contributed by atoms with E-state index in [0.717, 1.165) is 31.2 Å². The van der Waals surface area contributed by atoms with Crippen molar-refractivity contribution in [2.75, 3.05) is 6.54 Å². The van der Waals surface area contributed by atoms with Crippen molar-refractivity contribution >= 4 is 11.6 Å². The van der Waals surface area contributed by atoms with Crippen LogP contribution >= 0.6 is 11.6 Å². The Bertz CT molecular complexity index is 389. The molecule has 1 aliphatic carbocycles. The van der Waals surface area contributed by atoms with Crippen molar-refractivity contribution in [2.24, 2.45) is 0 Å². The van der Waals surface area contributed by atoms with Crippen LogP contribution < -0.4 is 5.32 Å². The number of halogens is 1. The molecule has 0 radical (unpaired) electrons. The number of hydrogen-bond donors (Lipinski definition) is 3. The van der Waals surface area contributed by atoms with Gasteiger partial charge in [0.1, 0.15) is 5.75 Å². The van der Waals surface area contributed by atoms with Crippen LogP contribution in [-0.2, 0) is 6.54 Å². The third-order valence-electron chi connectivity index (χ3n) is 3.37. The van der Waals surface area contributed by atoms with Gasteiger partial charge in [-0.2, -0.15) is 0 Å². The maximum atomic E-state index is 10.1. The zero-order valence-electron chi connectivity index (χ0n) is 9.75. The van der Waals surface area contributed by atoms with Crippen LogP contribution in [0, 0.1) is 0 Å². The van der Waals surface area contributed by atoms with E-state index in [2.05, 4.69) is 5.32 Å². The molecule has 3 nitrogen and oxygen atoms in total. The highest BCUT2D eigenvalue weighted by molar-refractivity contribution is 6.32. The zero-order chi connectivity index (χ0) is 12.3. The second kappa shape index (κ2) is 5.25. The van der Waals surface area contributed by atoms with Crippen molar-refractivity contribution in [1.29, 1.82) is 0 Å². The summed E-state index contributed by atoms with van der Waals surface area (Å²) in [7, 11) is 0. The Labute approximate surface area is 106 Å². The molecule has 1 fully saturated rings. The van der Waals surface area contributed by atoms with E-state index >= 15 is 0 Å². The molecule has 0 aliphatic heterocycles. The number of phenols is 1. The molecule has 4 heteroatoms. The summed E-state index contributed by atoms with van der Waals surface area (Å²) in [5, 5.41) is 23.4. The van der Waals surface area contributed by atoms with Crippen LogP contribution in [0.15, 0.2) is 18.2 Å². The van der Waals surface area contributed by atoms with E-state index in [1.54, 1.807) is 6.07 Å². The lowest BCUT2D eigenvalue weighted by Gasteiger charge is -2.22. The summed E-state index contributed by atoms with van der Waals surface area (Å²) < 4.78 is 0. The number of aromatic hydroxyl groups is 1. The fourth-order valence-corrected chi connectivity index (χ4v) is 2.54. The Morgan fingerprint density at radius 2 is 2.00 bits per heavy atom. The number of phenolic OH excluding ortho intramolecular Hbond substituents is 1. The van der Waals surface area contributed by atoms with E-state index < -0.39 is 5.60 Å². The van der Waals surface area contributed by atoms with Gasteiger partial charge in [-0.15, -0.1) is 0 Å². The molecule has 0 amide bonds. The van der Waals surface area contributed by atoms with Gasteiger partial charge in [-0.05, 0) is 18.9 Å². The lowest BCUT2D eigenvalue weighted by atomic mass is 10.0. The van der Waals surface area contributed by atoms with Gasteiger partial charge in [0.25, 0.3) is 0 Å². The second-order valence-electron chi connectivity index (χ2n) is 4.78. The molecule has 94 valence electrons. The fraction of sp³-hybridized carbons (Fsp3) is 0.538. The Hall–Kier alpha value is -0.770. The molecule has 3 N–H and O–H groups in total. The quantitative estimate of drug-likeness (QED) is 0.775. The van der Waals surface area contributed by atoms with Crippen molar-refractivity contribution in [3.8, 4) is 5.75 Å². The maximum Gasteiger partial charge on any atom is 0.138 e. The molecule has 1 saturated carbocycles. The Morgan fingerprint density at radius 3 is 2.71 bits per heavy atom. The summed E-state index contributed by atoms with van der Waals surface area (Å²) in [5.41, 5.74) is 0.202. The predicted octanol–water partition coefficient (Wildman–Crippen LogP) is 2.44. The molecular formula is C13H18ClNO2. The van der Waals surface area contributed by atoms with Gasteiger partial charge in [0, 0.05) is 18.7 Å². The van der Waals surface area contributed by atoms with Crippen molar-refractivity contribution in [2.45, 2.75) is 37.8 Å². The zero-order valence-corrected chi connectivity index (χ0v) is 10.5. The molecule has 0 aromatic heterocycles. The van der Waals surface area contributed by atoms with Crippen molar-refractivity contribution in [3.05, 3.63) is 28.8 Å². The molecule has 2 rings (SSSR count). The lowest BCUT2D eigenvalue weighted by molar-refractivity contribution is 0.0474. The summed E-state index contributed by atoms with van der Waals surface area (Å²) in [5.74, 6) is 0.125. The highest BCUT2D eigenvalue weighted by atomic mass is 35.5. The normalized spacial score (nSPS) is 18.5. The number of hydrogen-bond acceptors (Lipinski definition) is 3. The van der Waals surface area contributed by atoms with Gasteiger partial charge in [-0.25, -0.2) is 0 Å². The smallest absolute Gasteiger partial charge is 0.138 e. The number of para-hydroxylation sites is 1. The molecule has 0 spiro atoms. The van der Waals surface area contributed by atoms with Crippen molar-refractivity contribution in [3.63, 3.8) is 0 Å². The molecule has 1 aromatic rings. The van der Waals surface area contributed by atoms with Crippen molar-refractivity contribution < 1.29 is 10.2 Å². The van der Waals surface area contributed by atoms with Crippen LogP contribution in [0.1, 0.15) is 31.2 Å². The monoisotopic (exact) mass is 255 g/mol. The molecule has 0 heterocycles. The van der Waals surface area contributed by atoms with Gasteiger partial charge in [0.15, 0.2) is 0 Å². The van der Waals surface area contributed by atoms with E-state index in [0.29, 0.717) is 18.1 Å². The number of nitrogens with one attached hydrogen (secondary N) is 1. The molecule has 0 saturated heterocycles. The van der Waals surface area contributed by atoms with Gasteiger partial charge < -0.3 is 15.5 Å². The van der Waals surface area contributed by atoms with Crippen molar-refractivity contribution in [1.82, 2.24) is 5.32 Å². The first-order valence-electron chi connectivity index (χ1n) is 6.00. The standard InChI is InChI=1S/C13H18ClNO2/c14-11-5-3-4-10(12(11)16)8-15-9-13(17)6-1-2-7-13/h3-5,15-17H,1-2,6-9H2. The molecule has 17 heavy (non-hydrogen) atoms. The summed E-state index contributed by atoms with van der Waals surface area (Å²) in [6, 6.07) is 5.29. The number of benzene rings is 1. The van der Waals surface area contributed by atoms with Crippen LogP contribution in [-0.4, -0.2) is 22.4 Å². The first kappa shape index (κ1) is 12.7. The largest absolute Gasteiger partial charge is 0.506 e. The predicted molar refractivity (Wildman–Crippen MR) is 68.2 cm³/mol. The summed E-state index contributed by atoms with van der Waals surface area (Å²) in [4.78, 5) is 0. The minimum Gasteiger partial charge on any atom is -0.506 e. The van der Waals surface area contributed by atoms with Gasteiger partial charge in [0.05, 0.1) is 10.6 Å². The van der Waals surface area contributed by atoms with E-state index in [-0.39, 0.29) is 5.75 Å². The molecule has 1 aromatic carbocycles. The molecule has 0 unspecified atom stereocenters. The molecule has 0 bridgehead atoms. The Balaban J connectivity index is 1.88. The average Bonchev–Trinajstić information content (AvgIpc) is 2.72. The first-order valence-corrected chi connectivity index (χ1v) is 6.38. The first-order chi connectivity index (χ1) is 8.11. The van der Waals surface area contributed by atoms with E-state index in [9.17, 15) is 10.2 Å². The maximum absolute atomic E-state index is 10.1. The number of aliphatic hydroxyl groups is 1. The van der Waals surface area contributed by atoms with E-state index in [4.69, 9.17) is 11.6 Å². The fourth-order valence-electron chi connectivity index (χ4n) is 2.34. The minimum atomic E-state index is -0.561. The van der Waals surface area contributed by atoms with Gasteiger partial charge >= 0.3 is 0 Å². The van der Waals surface area contributed by atoms with Crippen LogP contribution in [0.25, 0.3) is 0 Å². The van der Waals surface area contributed by atoms with Gasteiger partial charge in [-0.3, -0.25) is 0 Å². The van der Waals surface area contributed by atoms with Gasteiger partial charge in [-0.1, -0.05) is 36.6 Å². The average molecular weight is 256 g/mol. The van der Waals surface area contributed by atoms with Crippen LogP contribution in [0.4, 0.5) is 0 Å². The molecular weight excluding hydrogens is 238 g/mol. The van der Waals surface area contributed by atoms with Gasteiger partial charge in [0.2, 0.25) is 0 Å². The summed E-state index contributed by atoms with van der Waals surface area (Å²) >= 11 is 5.82.